The summed E-state index contributed by atoms with van der Waals surface area (Å²) in [4.78, 5) is 0. The van der Waals surface area contributed by atoms with Crippen LogP contribution in [0.3, 0.4) is 0 Å². The number of pyridine rings is 1. The van der Waals surface area contributed by atoms with E-state index < -0.39 is 0 Å². The number of nitrogens with zero attached hydrogens (tertiary/aromatic N) is 1. The van der Waals surface area contributed by atoms with Gasteiger partial charge in [0.05, 0.1) is 10.9 Å². The van der Waals surface area contributed by atoms with Gasteiger partial charge in [0.15, 0.2) is 12.7 Å². The van der Waals surface area contributed by atoms with Gasteiger partial charge in [-0.3, -0.25) is 0 Å². The van der Waals surface area contributed by atoms with Crippen molar-refractivity contribution in [1.29, 1.82) is 0 Å². The number of hydrogen-bond donors (Lipinski definition) is 0. The van der Waals surface area contributed by atoms with Crippen molar-refractivity contribution in [2.24, 2.45) is 0 Å². The Balaban J connectivity index is 1.50. The van der Waals surface area contributed by atoms with Crippen LogP contribution >= 0.6 is 0 Å². The van der Waals surface area contributed by atoms with Gasteiger partial charge in [-0.2, -0.15) is 4.57 Å². The Morgan fingerprint density at radius 3 is 2.50 bits per heavy atom. The van der Waals surface area contributed by atoms with Gasteiger partial charge in [-0.15, -0.1) is 0 Å². The fraction of sp³-hybridized carbons (Fsp3) is 0.162. The largest absolute Gasteiger partial charge is 0.220 e. The first-order valence-corrected chi connectivity index (χ1v) is 13.8. The zero-order valence-electron chi connectivity index (χ0n) is 22.0. The Morgan fingerprint density at radius 1 is 0.658 bits per heavy atom. The molecule has 184 valence electrons. The Morgan fingerprint density at radius 2 is 1.53 bits per heavy atom. The van der Waals surface area contributed by atoms with Crippen molar-refractivity contribution in [3.05, 3.63) is 143 Å². The average molecular weight is 491 g/mol. The lowest BCUT2D eigenvalue weighted by atomic mass is 9.87. The van der Waals surface area contributed by atoms with Gasteiger partial charge in [-0.05, 0) is 71.4 Å². The van der Waals surface area contributed by atoms with Gasteiger partial charge >= 0.3 is 0 Å². The zero-order valence-corrected chi connectivity index (χ0v) is 22.0. The molecule has 1 aromatic heterocycles. The van der Waals surface area contributed by atoms with Crippen LogP contribution in [-0.4, -0.2) is 0 Å². The lowest BCUT2D eigenvalue weighted by Crippen LogP contribution is -2.37. The summed E-state index contributed by atoms with van der Waals surface area (Å²) < 4.78 is 2.51. The van der Waals surface area contributed by atoms with Gasteiger partial charge in [-0.25, -0.2) is 0 Å². The van der Waals surface area contributed by atoms with Crippen LogP contribution in [0.4, 0.5) is 0 Å². The molecule has 1 aliphatic heterocycles. The number of rotatable bonds is 0. The minimum absolute atomic E-state index is 0.938. The van der Waals surface area contributed by atoms with E-state index in [9.17, 15) is 0 Å². The molecule has 0 saturated carbocycles. The standard InChI is InChI=1S/C37H32N/c1-26-15-16-30-18-17-27-9-3-2-4-12-31(27)32-13-7-6-11-29(32)21-23-38-24-22-34-33-14-8-5-10-28(33)19-20-35(34)37(38)36(30)25-26/h2-8,10-16,19-20,22,24-25H,9,17-18,21,23H2,1H3/q+1. The van der Waals surface area contributed by atoms with E-state index in [1.54, 1.807) is 0 Å². The highest BCUT2D eigenvalue weighted by atomic mass is 15.0. The third-order valence-corrected chi connectivity index (χ3v) is 8.34. The molecule has 0 spiro atoms. The molecule has 2 aliphatic rings. The van der Waals surface area contributed by atoms with Gasteiger partial charge in [0, 0.05) is 17.9 Å². The van der Waals surface area contributed by atoms with Crippen LogP contribution in [-0.2, 0) is 19.4 Å². The maximum atomic E-state index is 2.51. The van der Waals surface area contributed by atoms with E-state index in [1.165, 1.54) is 66.2 Å². The van der Waals surface area contributed by atoms with Crippen LogP contribution in [0.2, 0.25) is 0 Å². The monoisotopic (exact) mass is 490 g/mol. The number of aromatic nitrogens is 1. The van der Waals surface area contributed by atoms with Gasteiger partial charge in [0.2, 0.25) is 5.69 Å². The summed E-state index contributed by atoms with van der Waals surface area (Å²) in [6, 6.07) is 31.8. The number of benzene rings is 4. The van der Waals surface area contributed by atoms with Crippen molar-refractivity contribution in [2.75, 3.05) is 0 Å². The Kier molecular flexibility index (Phi) is 5.78. The molecular weight excluding hydrogens is 458 g/mol. The first kappa shape index (κ1) is 22.9. The quantitative estimate of drug-likeness (QED) is 0.151. The number of fused-ring (bicyclic) bond motifs is 9. The van der Waals surface area contributed by atoms with Gasteiger partial charge < -0.3 is 0 Å². The first-order chi connectivity index (χ1) is 18.8. The molecule has 0 saturated heterocycles. The van der Waals surface area contributed by atoms with E-state index in [0.29, 0.717) is 0 Å². The van der Waals surface area contributed by atoms with Crippen LogP contribution < -0.4 is 4.57 Å². The zero-order chi connectivity index (χ0) is 25.5. The highest BCUT2D eigenvalue weighted by molar-refractivity contribution is 6.10. The molecule has 0 unspecified atom stereocenters. The fourth-order valence-electron chi connectivity index (χ4n) is 6.40. The lowest BCUT2D eigenvalue weighted by Gasteiger charge is -2.19. The van der Waals surface area contributed by atoms with Crippen molar-refractivity contribution in [2.45, 2.75) is 39.2 Å². The molecule has 0 amide bonds. The molecule has 0 N–H and O–H groups in total. The van der Waals surface area contributed by atoms with E-state index >= 15 is 0 Å². The second-order valence-electron chi connectivity index (χ2n) is 10.7. The Labute approximate surface area is 225 Å². The van der Waals surface area contributed by atoms with Crippen molar-refractivity contribution in [3.8, 4) is 11.3 Å². The van der Waals surface area contributed by atoms with Crippen LogP contribution in [0.5, 0.6) is 0 Å². The molecule has 0 fully saturated rings. The summed E-state index contributed by atoms with van der Waals surface area (Å²) in [5, 5.41) is 5.29. The summed E-state index contributed by atoms with van der Waals surface area (Å²) in [5.74, 6) is 0. The Bertz CT molecular complexity index is 1800. The lowest BCUT2D eigenvalue weighted by molar-refractivity contribution is -0.684. The van der Waals surface area contributed by atoms with Crippen molar-refractivity contribution < 1.29 is 4.57 Å². The van der Waals surface area contributed by atoms with Gasteiger partial charge in [0.1, 0.15) is 0 Å². The minimum Gasteiger partial charge on any atom is -0.197 e. The fourth-order valence-corrected chi connectivity index (χ4v) is 6.40. The van der Waals surface area contributed by atoms with Crippen molar-refractivity contribution in [3.63, 3.8) is 0 Å². The predicted molar refractivity (Wildman–Crippen MR) is 160 cm³/mol. The summed E-state index contributed by atoms with van der Waals surface area (Å²) in [5.41, 5.74) is 11.2. The predicted octanol–water partition coefficient (Wildman–Crippen LogP) is 8.71. The SMILES string of the molecule is Cc1ccc2c(c1)-c1c3ccc4ccccc4c3cc[n+]1CCc1ccccc1C1=C(CC=CC=C1)CC2. The van der Waals surface area contributed by atoms with E-state index in [1.807, 2.05) is 0 Å². The maximum Gasteiger partial charge on any atom is 0.220 e. The average Bonchev–Trinajstić information content (AvgIpc) is 3.20. The van der Waals surface area contributed by atoms with E-state index in [-0.39, 0.29) is 0 Å². The molecule has 0 bridgehead atoms. The normalized spacial score (nSPS) is 15.2. The Hall–Kier alpha value is -4.23. The first-order valence-electron chi connectivity index (χ1n) is 13.8. The topological polar surface area (TPSA) is 3.88 Å². The van der Waals surface area contributed by atoms with E-state index in [4.69, 9.17) is 0 Å². The smallest absolute Gasteiger partial charge is 0.197 e. The molecule has 1 heteroatoms. The molecule has 1 aliphatic carbocycles. The third-order valence-electron chi connectivity index (χ3n) is 8.34. The van der Waals surface area contributed by atoms with Crippen molar-refractivity contribution in [1.82, 2.24) is 0 Å². The number of aryl methyl sites for hydroxylation is 4. The van der Waals surface area contributed by atoms with Gasteiger partial charge in [-0.1, -0.05) is 102 Å². The third kappa shape index (κ3) is 4.00. The molecule has 4 aromatic carbocycles. The molecule has 2 heterocycles. The molecule has 0 atom stereocenters. The highest BCUT2D eigenvalue weighted by Gasteiger charge is 2.23. The number of hydrogen-bond acceptors (Lipinski definition) is 0. The summed E-state index contributed by atoms with van der Waals surface area (Å²) in [6.45, 7) is 3.16. The molecule has 1 nitrogen and oxygen atoms in total. The van der Waals surface area contributed by atoms with Gasteiger partial charge in [0.25, 0.3) is 0 Å². The summed E-state index contributed by atoms with van der Waals surface area (Å²) in [7, 11) is 0. The summed E-state index contributed by atoms with van der Waals surface area (Å²) >= 11 is 0. The van der Waals surface area contributed by atoms with Crippen LogP contribution in [0.15, 0.2) is 121 Å². The molecule has 7 rings (SSSR count). The van der Waals surface area contributed by atoms with Crippen LogP contribution in [0, 0.1) is 6.92 Å². The summed E-state index contributed by atoms with van der Waals surface area (Å²) in [6.07, 6.45) is 15.5. The van der Waals surface area contributed by atoms with Crippen molar-refractivity contribution >= 4 is 27.1 Å². The molecular formula is C37H32N+. The molecule has 0 radical (unpaired) electrons. The highest BCUT2D eigenvalue weighted by Crippen LogP contribution is 2.36. The second kappa shape index (κ2) is 9.58. The molecule has 38 heavy (non-hydrogen) atoms. The van der Waals surface area contributed by atoms with Crippen LogP contribution in [0.25, 0.3) is 38.4 Å². The van der Waals surface area contributed by atoms with Crippen LogP contribution in [0.1, 0.15) is 35.1 Å². The van der Waals surface area contributed by atoms with E-state index in [2.05, 4.69) is 127 Å². The minimum atomic E-state index is 0.938. The van der Waals surface area contributed by atoms with E-state index in [0.717, 1.165) is 32.2 Å². The maximum absolute atomic E-state index is 2.51. The second-order valence-corrected chi connectivity index (χ2v) is 10.7. The molecule has 5 aromatic rings. The number of allylic oxidation sites excluding steroid dienone is 6.